The summed E-state index contributed by atoms with van der Waals surface area (Å²) in [7, 11) is 0. The van der Waals surface area contributed by atoms with Crippen LogP contribution in [-0.2, 0) is 0 Å². The summed E-state index contributed by atoms with van der Waals surface area (Å²) in [6.45, 7) is 4.89. The molecule has 0 radical (unpaired) electrons. The monoisotopic (exact) mass is 342 g/mol. The molecular formula is C18H19ClN4O. The van der Waals surface area contributed by atoms with Crippen LogP contribution in [0.15, 0.2) is 42.9 Å². The fourth-order valence-electron chi connectivity index (χ4n) is 2.57. The lowest BCUT2D eigenvalue weighted by Crippen LogP contribution is -2.25. The smallest absolute Gasteiger partial charge is 0.253 e. The van der Waals surface area contributed by atoms with E-state index in [4.69, 9.17) is 11.6 Å². The molecule has 0 unspecified atom stereocenters. The van der Waals surface area contributed by atoms with Gasteiger partial charge in [0.25, 0.3) is 5.91 Å². The quantitative estimate of drug-likeness (QED) is 0.766. The molecule has 0 aliphatic rings. The average Bonchev–Trinajstić information content (AvgIpc) is 2.96. The lowest BCUT2D eigenvalue weighted by Gasteiger charge is -2.06. The number of halogens is 1. The highest BCUT2D eigenvalue weighted by atomic mass is 35.5. The summed E-state index contributed by atoms with van der Waals surface area (Å²) >= 11 is 6.36. The third-order valence-electron chi connectivity index (χ3n) is 3.80. The standard InChI is InChI=1S/C18H19ClN4O/c1-12(2)7-10-20-17(24)13-11-23(18-21-8-4-9-22-18)15-6-3-5-14(19)16(13)15/h3-6,8-9,11-12H,7,10H2,1-2H3,(H,20,24). The van der Waals surface area contributed by atoms with E-state index in [0.29, 0.717) is 34.4 Å². The number of fused-ring (bicyclic) bond motifs is 1. The Labute approximate surface area is 145 Å². The van der Waals surface area contributed by atoms with Crippen LogP contribution in [-0.4, -0.2) is 27.0 Å². The summed E-state index contributed by atoms with van der Waals surface area (Å²) in [6, 6.07) is 7.29. The summed E-state index contributed by atoms with van der Waals surface area (Å²) in [5.74, 6) is 0.905. The van der Waals surface area contributed by atoms with Gasteiger partial charge in [-0.05, 0) is 30.5 Å². The van der Waals surface area contributed by atoms with E-state index in [1.165, 1.54) is 0 Å². The van der Waals surface area contributed by atoms with E-state index in [1.807, 2.05) is 12.1 Å². The van der Waals surface area contributed by atoms with Crippen LogP contribution in [0.4, 0.5) is 0 Å². The zero-order chi connectivity index (χ0) is 17.1. The number of hydrogen-bond donors (Lipinski definition) is 1. The van der Waals surface area contributed by atoms with Crippen molar-refractivity contribution in [1.82, 2.24) is 19.9 Å². The van der Waals surface area contributed by atoms with Gasteiger partial charge in [0.05, 0.1) is 16.1 Å². The van der Waals surface area contributed by atoms with Gasteiger partial charge >= 0.3 is 0 Å². The van der Waals surface area contributed by atoms with Crippen LogP contribution in [0.5, 0.6) is 0 Å². The fraction of sp³-hybridized carbons (Fsp3) is 0.278. The molecule has 6 heteroatoms. The van der Waals surface area contributed by atoms with Crippen molar-refractivity contribution in [2.45, 2.75) is 20.3 Å². The molecule has 0 saturated carbocycles. The number of amides is 1. The topological polar surface area (TPSA) is 59.8 Å². The van der Waals surface area contributed by atoms with Crippen LogP contribution >= 0.6 is 11.6 Å². The minimum Gasteiger partial charge on any atom is -0.352 e. The van der Waals surface area contributed by atoms with Gasteiger partial charge in [0, 0.05) is 30.5 Å². The van der Waals surface area contributed by atoms with Gasteiger partial charge in [-0.25, -0.2) is 9.97 Å². The Kier molecular flexibility index (Phi) is 4.81. The Balaban J connectivity index is 2.04. The fourth-order valence-corrected chi connectivity index (χ4v) is 2.84. The molecule has 0 fully saturated rings. The van der Waals surface area contributed by atoms with Crippen molar-refractivity contribution in [3.63, 3.8) is 0 Å². The summed E-state index contributed by atoms with van der Waals surface area (Å²) in [5.41, 5.74) is 1.34. The van der Waals surface area contributed by atoms with Gasteiger partial charge in [0.1, 0.15) is 0 Å². The number of benzene rings is 1. The van der Waals surface area contributed by atoms with E-state index in [-0.39, 0.29) is 5.91 Å². The molecule has 124 valence electrons. The minimum absolute atomic E-state index is 0.136. The first kappa shape index (κ1) is 16.5. The molecule has 0 aliphatic carbocycles. The molecule has 3 aromatic rings. The molecule has 5 nitrogen and oxygen atoms in total. The average molecular weight is 343 g/mol. The molecule has 0 spiro atoms. The second kappa shape index (κ2) is 7.01. The molecular weight excluding hydrogens is 324 g/mol. The van der Waals surface area contributed by atoms with E-state index in [1.54, 1.807) is 35.3 Å². The first-order chi connectivity index (χ1) is 11.6. The van der Waals surface area contributed by atoms with Crippen molar-refractivity contribution in [3.8, 4) is 5.95 Å². The van der Waals surface area contributed by atoms with Crippen LogP contribution in [0.2, 0.25) is 5.02 Å². The molecule has 24 heavy (non-hydrogen) atoms. The molecule has 2 heterocycles. The molecule has 1 aromatic carbocycles. The van der Waals surface area contributed by atoms with Gasteiger partial charge in [-0.3, -0.25) is 9.36 Å². The largest absolute Gasteiger partial charge is 0.352 e. The Morgan fingerprint density at radius 1 is 1.25 bits per heavy atom. The van der Waals surface area contributed by atoms with Crippen molar-refractivity contribution in [3.05, 3.63) is 53.4 Å². The number of nitrogens with zero attached hydrogens (tertiary/aromatic N) is 3. The summed E-state index contributed by atoms with van der Waals surface area (Å²) in [6.07, 6.45) is 6.01. The van der Waals surface area contributed by atoms with Crippen molar-refractivity contribution in [1.29, 1.82) is 0 Å². The van der Waals surface area contributed by atoms with Gasteiger partial charge in [0.2, 0.25) is 5.95 Å². The molecule has 1 amide bonds. The van der Waals surface area contributed by atoms with Crippen LogP contribution < -0.4 is 5.32 Å². The maximum atomic E-state index is 12.6. The predicted molar refractivity (Wildman–Crippen MR) is 95.7 cm³/mol. The van der Waals surface area contributed by atoms with Crippen molar-refractivity contribution in [2.75, 3.05) is 6.54 Å². The van der Waals surface area contributed by atoms with Gasteiger partial charge in [-0.2, -0.15) is 0 Å². The zero-order valence-electron chi connectivity index (χ0n) is 13.7. The lowest BCUT2D eigenvalue weighted by atomic mass is 10.1. The van der Waals surface area contributed by atoms with Crippen LogP contribution in [0, 0.1) is 5.92 Å². The Bertz CT molecular complexity index is 858. The first-order valence-corrected chi connectivity index (χ1v) is 8.31. The number of rotatable bonds is 5. The van der Waals surface area contributed by atoms with Crippen molar-refractivity contribution in [2.24, 2.45) is 5.92 Å². The molecule has 0 saturated heterocycles. The molecule has 0 bridgehead atoms. The molecule has 1 N–H and O–H groups in total. The Hall–Kier alpha value is -2.40. The van der Waals surface area contributed by atoms with Gasteiger partial charge < -0.3 is 5.32 Å². The number of aromatic nitrogens is 3. The third-order valence-corrected chi connectivity index (χ3v) is 4.11. The number of carbonyl (C=O) groups is 1. The Morgan fingerprint density at radius 3 is 2.71 bits per heavy atom. The van der Waals surface area contributed by atoms with Crippen LogP contribution in [0.25, 0.3) is 16.9 Å². The van der Waals surface area contributed by atoms with Crippen LogP contribution in [0.3, 0.4) is 0 Å². The highest BCUT2D eigenvalue weighted by Crippen LogP contribution is 2.30. The van der Waals surface area contributed by atoms with Gasteiger partial charge in [0.15, 0.2) is 0 Å². The highest BCUT2D eigenvalue weighted by molar-refractivity contribution is 6.37. The van der Waals surface area contributed by atoms with Gasteiger partial charge in [-0.1, -0.05) is 31.5 Å². The third kappa shape index (κ3) is 3.26. The number of carbonyl (C=O) groups excluding carboxylic acids is 1. The van der Waals surface area contributed by atoms with E-state index in [9.17, 15) is 4.79 Å². The van der Waals surface area contributed by atoms with E-state index in [0.717, 1.165) is 11.9 Å². The second-order valence-electron chi connectivity index (χ2n) is 6.03. The highest BCUT2D eigenvalue weighted by Gasteiger charge is 2.18. The molecule has 0 atom stereocenters. The molecule has 0 aliphatic heterocycles. The normalized spacial score (nSPS) is 11.2. The predicted octanol–water partition coefficient (Wildman–Crippen LogP) is 3.85. The van der Waals surface area contributed by atoms with E-state index >= 15 is 0 Å². The van der Waals surface area contributed by atoms with Crippen molar-refractivity contribution >= 4 is 28.4 Å². The first-order valence-electron chi connectivity index (χ1n) is 7.93. The summed E-state index contributed by atoms with van der Waals surface area (Å²) in [5, 5.41) is 4.22. The van der Waals surface area contributed by atoms with Crippen LogP contribution in [0.1, 0.15) is 30.6 Å². The maximum Gasteiger partial charge on any atom is 0.253 e. The molecule has 3 rings (SSSR count). The minimum atomic E-state index is -0.136. The van der Waals surface area contributed by atoms with E-state index < -0.39 is 0 Å². The number of hydrogen-bond acceptors (Lipinski definition) is 3. The summed E-state index contributed by atoms with van der Waals surface area (Å²) < 4.78 is 1.79. The van der Waals surface area contributed by atoms with Gasteiger partial charge in [-0.15, -0.1) is 0 Å². The second-order valence-corrected chi connectivity index (χ2v) is 6.44. The van der Waals surface area contributed by atoms with Crippen molar-refractivity contribution < 1.29 is 4.79 Å². The number of nitrogens with one attached hydrogen (secondary N) is 1. The lowest BCUT2D eigenvalue weighted by molar-refractivity contribution is 0.0953. The summed E-state index contributed by atoms with van der Waals surface area (Å²) in [4.78, 5) is 21.1. The Morgan fingerprint density at radius 2 is 2.00 bits per heavy atom. The SMILES string of the molecule is CC(C)CCNC(=O)c1cn(-c2ncccn2)c2cccc(Cl)c12. The van der Waals surface area contributed by atoms with E-state index in [2.05, 4.69) is 29.1 Å². The zero-order valence-corrected chi connectivity index (χ0v) is 14.4. The maximum absolute atomic E-state index is 12.6. The molecule has 2 aromatic heterocycles.